The number of fused-ring (bicyclic) bond motifs is 1. The molecule has 3 N–H and O–H groups in total. The predicted molar refractivity (Wildman–Crippen MR) is 120 cm³/mol. The molecule has 1 fully saturated rings. The number of nitrogens with zero attached hydrogens (tertiary/aromatic N) is 2. The molecule has 0 spiro atoms. The van der Waals surface area contributed by atoms with Crippen molar-refractivity contribution in [3.8, 4) is 0 Å². The van der Waals surface area contributed by atoms with E-state index in [4.69, 9.17) is 0 Å². The lowest BCUT2D eigenvalue weighted by molar-refractivity contribution is -0.113. The Morgan fingerprint density at radius 3 is 2.63 bits per heavy atom. The Hall–Kier alpha value is -3.13. The molecule has 2 aromatic carbocycles. The highest BCUT2D eigenvalue weighted by molar-refractivity contribution is 7.99. The van der Waals surface area contributed by atoms with Crippen molar-refractivity contribution in [2.24, 2.45) is 0 Å². The van der Waals surface area contributed by atoms with Gasteiger partial charge < -0.3 is 16.0 Å². The van der Waals surface area contributed by atoms with Gasteiger partial charge >= 0.3 is 0 Å². The Morgan fingerprint density at radius 1 is 1.07 bits per heavy atom. The molecule has 2 amide bonds. The number of benzene rings is 2. The van der Waals surface area contributed by atoms with Crippen molar-refractivity contribution < 1.29 is 9.59 Å². The lowest BCUT2D eigenvalue weighted by atomic mass is 10.1. The van der Waals surface area contributed by atoms with E-state index in [1.165, 1.54) is 11.8 Å². The molecule has 0 atom stereocenters. The summed E-state index contributed by atoms with van der Waals surface area (Å²) in [4.78, 5) is 34.0. The molecule has 4 rings (SSSR count). The van der Waals surface area contributed by atoms with Gasteiger partial charge in [0.25, 0.3) is 5.91 Å². The van der Waals surface area contributed by atoms with E-state index in [1.54, 1.807) is 24.3 Å². The average Bonchev–Trinajstić information content (AvgIpc) is 3.57. The van der Waals surface area contributed by atoms with E-state index in [2.05, 4.69) is 25.9 Å². The summed E-state index contributed by atoms with van der Waals surface area (Å²) in [6.07, 6.45) is 2.02. The summed E-state index contributed by atoms with van der Waals surface area (Å²) in [6, 6.07) is 15.1. The number of aromatic nitrogens is 2. The van der Waals surface area contributed by atoms with Gasteiger partial charge in [0.05, 0.1) is 22.5 Å². The van der Waals surface area contributed by atoms with Crippen LogP contribution in [0.2, 0.25) is 0 Å². The van der Waals surface area contributed by atoms with Crippen LogP contribution in [0.15, 0.2) is 53.7 Å². The third-order valence-electron chi connectivity index (χ3n) is 4.62. The van der Waals surface area contributed by atoms with Crippen molar-refractivity contribution in [3.05, 3.63) is 54.1 Å². The van der Waals surface area contributed by atoms with E-state index >= 15 is 0 Å². The zero-order valence-electron chi connectivity index (χ0n) is 16.6. The van der Waals surface area contributed by atoms with Crippen LogP contribution < -0.4 is 16.0 Å². The van der Waals surface area contributed by atoms with Gasteiger partial charge in [0.2, 0.25) is 5.91 Å². The summed E-state index contributed by atoms with van der Waals surface area (Å²) in [5.41, 5.74) is 1.81. The number of amides is 2. The third-order valence-corrected chi connectivity index (χ3v) is 5.46. The minimum Gasteiger partial charge on any atom is -0.370 e. The maximum Gasteiger partial charge on any atom is 0.253 e. The molecule has 1 saturated carbocycles. The summed E-state index contributed by atoms with van der Waals surface area (Å²) in [5.74, 6) is 0.526. The third kappa shape index (κ3) is 4.88. The van der Waals surface area contributed by atoms with E-state index < -0.39 is 0 Å². The zero-order valence-corrected chi connectivity index (χ0v) is 17.5. The molecule has 1 heterocycles. The Bertz CT molecular complexity index is 1080. The first-order valence-electron chi connectivity index (χ1n) is 9.97. The fraction of sp³-hybridized carbons (Fsp3) is 0.273. The van der Waals surface area contributed by atoms with Gasteiger partial charge in [-0.3, -0.25) is 9.59 Å². The van der Waals surface area contributed by atoms with E-state index in [9.17, 15) is 9.59 Å². The summed E-state index contributed by atoms with van der Waals surface area (Å²) < 4.78 is 0. The fourth-order valence-corrected chi connectivity index (χ4v) is 3.67. The normalized spacial score (nSPS) is 13.1. The molecule has 30 heavy (non-hydrogen) atoms. The maximum absolute atomic E-state index is 12.5. The SMILES string of the molecule is CCNc1nc(SCC(=O)Nc2ccccc2C(=O)NC2CC2)nc2ccccc12. The molecule has 3 aromatic rings. The lowest BCUT2D eigenvalue weighted by Crippen LogP contribution is -2.27. The molecule has 8 heteroatoms. The zero-order chi connectivity index (χ0) is 20.9. The van der Waals surface area contributed by atoms with Crippen LogP contribution >= 0.6 is 11.8 Å². The van der Waals surface area contributed by atoms with Crippen LogP contribution in [0.5, 0.6) is 0 Å². The Labute approximate surface area is 179 Å². The molecule has 154 valence electrons. The summed E-state index contributed by atoms with van der Waals surface area (Å²) in [6.45, 7) is 2.75. The molecular weight excluding hydrogens is 398 g/mol. The highest BCUT2D eigenvalue weighted by Crippen LogP contribution is 2.25. The van der Waals surface area contributed by atoms with Crippen LogP contribution in [0, 0.1) is 0 Å². The van der Waals surface area contributed by atoms with E-state index in [0.717, 1.165) is 36.1 Å². The molecule has 0 aliphatic heterocycles. The summed E-state index contributed by atoms with van der Waals surface area (Å²) in [7, 11) is 0. The highest BCUT2D eigenvalue weighted by Gasteiger charge is 2.25. The number of rotatable bonds is 8. The van der Waals surface area contributed by atoms with Gasteiger partial charge in [0, 0.05) is 18.0 Å². The molecule has 0 bridgehead atoms. The van der Waals surface area contributed by atoms with Gasteiger partial charge in [-0.25, -0.2) is 9.97 Å². The van der Waals surface area contributed by atoms with Crippen molar-refractivity contribution in [3.63, 3.8) is 0 Å². The van der Waals surface area contributed by atoms with Gasteiger partial charge in [-0.1, -0.05) is 36.0 Å². The Kier molecular flexibility index (Phi) is 6.13. The molecule has 0 saturated heterocycles. The molecule has 1 aliphatic rings. The number of hydrogen-bond acceptors (Lipinski definition) is 6. The first kappa shape index (κ1) is 20.2. The van der Waals surface area contributed by atoms with E-state index in [-0.39, 0.29) is 23.6 Å². The van der Waals surface area contributed by atoms with Gasteiger partial charge in [-0.05, 0) is 44.0 Å². The summed E-state index contributed by atoms with van der Waals surface area (Å²) >= 11 is 1.26. The van der Waals surface area contributed by atoms with Crippen molar-refractivity contribution in [2.45, 2.75) is 31.0 Å². The largest absolute Gasteiger partial charge is 0.370 e. The Balaban J connectivity index is 1.44. The van der Waals surface area contributed by atoms with Crippen molar-refractivity contribution in [2.75, 3.05) is 22.9 Å². The number of thioether (sulfide) groups is 1. The van der Waals surface area contributed by atoms with Crippen LogP contribution in [0.3, 0.4) is 0 Å². The second kappa shape index (κ2) is 9.13. The van der Waals surface area contributed by atoms with Gasteiger partial charge in [-0.2, -0.15) is 0 Å². The second-order valence-corrected chi connectivity index (χ2v) is 7.97. The number of nitrogens with one attached hydrogen (secondary N) is 3. The minimum atomic E-state index is -0.214. The van der Waals surface area contributed by atoms with Gasteiger partial charge in [0.1, 0.15) is 5.82 Å². The summed E-state index contributed by atoms with van der Waals surface area (Å²) in [5, 5.41) is 10.5. The maximum atomic E-state index is 12.5. The molecule has 1 aromatic heterocycles. The van der Waals surface area contributed by atoms with Gasteiger partial charge in [-0.15, -0.1) is 0 Å². The standard InChI is InChI=1S/C22H23N5O2S/c1-2-23-20-15-7-3-5-9-17(15)26-22(27-20)30-13-19(28)25-18-10-6-4-8-16(18)21(29)24-14-11-12-14/h3-10,14H,2,11-13H2,1H3,(H,24,29)(H,25,28)(H,23,26,27). The van der Waals surface area contributed by atoms with Crippen LogP contribution in [0.25, 0.3) is 10.9 Å². The number of carbonyl (C=O) groups is 2. The smallest absolute Gasteiger partial charge is 0.253 e. The highest BCUT2D eigenvalue weighted by atomic mass is 32.2. The van der Waals surface area contributed by atoms with Crippen LogP contribution in [-0.2, 0) is 4.79 Å². The Morgan fingerprint density at radius 2 is 1.83 bits per heavy atom. The van der Waals surface area contributed by atoms with Crippen LogP contribution in [0.4, 0.5) is 11.5 Å². The molecule has 0 unspecified atom stereocenters. The number of carbonyl (C=O) groups excluding carboxylic acids is 2. The monoisotopic (exact) mass is 421 g/mol. The first-order chi connectivity index (χ1) is 14.6. The molecular formula is C22H23N5O2S. The number of para-hydroxylation sites is 2. The fourth-order valence-electron chi connectivity index (χ4n) is 3.02. The van der Waals surface area contributed by atoms with Crippen molar-refractivity contribution in [1.29, 1.82) is 0 Å². The van der Waals surface area contributed by atoms with Gasteiger partial charge in [0.15, 0.2) is 5.16 Å². The lowest BCUT2D eigenvalue weighted by Gasteiger charge is -2.11. The van der Waals surface area contributed by atoms with Crippen molar-refractivity contribution in [1.82, 2.24) is 15.3 Å². The average molecular weight is 422 g/mol. The van der Waals surface area contributed by atoms with Crippen molar-refractivity contribution >= 4 is 46.0 Å². The first-order valence-corrected chi connectivity index (χ1v) is 11.0. The number of hydrogen-bond donors (Lipinski definition) is 3. The number of anilines is 2. The minimum absolute atomic E-state index is 0.141. The molecule has 7 nitrogen and oxygen atoms in total. The van der Waals surface area contributed by atoms with E-state index in [0.29, 0.717) is 16.4 Å². The molecule has 0 radical (unpaired) electrons. The van der Waals surface area contributed by atoms with Crippen LogP contribution in [0.1, 0.15) is 30.1 Å². The van der Waals surface area contributed by atoms with E-state index in [1.807, 2.05) is 31.2 Å². The predicted octanol–water partition coefficient (Wildman–Crippen LogP) is 3.68. The molecule has 1 aliphatic carbocycles. The second-order valence-electron chi connectivity index (χ2n) is 7.03. The quantitative estimate of drug-likeness (QED) is 0.379. The van der Waals surface area contributed by atoms with Crippen LogP contribution in [-0.4, -0.2) is 40.1 Å². The topological polar surface area (TPSA) is 96.0 Å².